The van der Waals surface area contributed by atoms with Gasteiger partial charge in [-0.15, -0.1) is 11.3 Å². The number of hydrogen-bond donors (Lipinski definition) is 2. The maximum atomic E-state index is 10.9. The molecule has 6 heteroatoms. The fourth-order valence-corrected chi connectivity index (χ4v) is 1.98. The van der Waals surface area contributed by atoms with Crippen LogP contribution in [0.1, 0.15) is 16.1 Å². The van der Waals surface area contributed by atoms with Crippen LogP contribution in [0.25, 0.3) is 0 Å². The van der Waals surface area contributed by atoms with Gasteiger partial charge in [-0.25, -0.2) is 14.8 Å². The van der Waals surface area contributed by atoms with E-state index in [1.807, 2.05) is 5.38 Å². The average Bonchev–Trinajstić information content (AvgIpc) is 2.82. The van der Waals surface area contributed by atoms with E-state index in [0.717, 1.165) is 12.1 Å². The quantitative estimate of drug-likeness (QED) is 0.846. The first kappa shape index (κ1) is 11.5. The van der Waals surface area contributed by atoms with Crippen LogP contribution in [0, 0.1) is 0 Å². The molecule has 2 aromatic rings. The van der Waals surface area contributed by atoms with Gasteiger partial charge in [0.2, 0.25) is 0 Å². The Morgan fingerprint density at radius 2 is 2.35 bits per heavy atom. The number of thiazole rings is 1. The van der Waals surface area contributed by atoms with E-state index < -0.39 is 5.97 Å². The highest BCUT2D eigenvalue weighted by atomic mass is 32.1. The largest absolute Gasteiger partial charge is 0.478 e. The number of nitrogens with one attached hydrogen (secondary N) is 1. The summed E-state index contributed by atoms with van der Waals surface area (Å²) >= 11 is 1.55. The van der Waals surface area contributed by atoms with Crippen molar-refractivity contribution in [1.82, 2.24) is 9.97 Å². The van der Waals surface area contributed by atoms with E-state index in [1.165, 1.54) is 6.07 Å². The number of carbonyl (C=O) groups is 1. The summed E-state index contributed by atoms with van der Waals surface area (Å²) in [6, 6.07) is 3.13. The first-order valence-corrected chi connectivity index (χ1v) is 6.01. The Morgan fingerprint density at radius 3 is 3.06 bits per heavy atom. The highest BCUT2D eigenvalue weighted by molar-refractivity contribution is 7.07. The van der Waals surface area contributed by atoms with E-state index in [4.69, 9.17) is 5.11 Å². The normalized spacial score (nSPS) is 10.1. The molecule has 2 heterocycles. The van der Waals surface area contributed by atoms with Gasteiger partial charge in [-0.1, -0.05) is 0 Å². The van der Waals surface area contributed by atoms with E-state index in [0.29, 0.717) is 12.4 Å². The molecule has 0 saturated carbocycles. The van der Waals surface area contributed by atoms with Gasteiger partial charge >= 0.3 is 5.97 Å². The van der Waals surface area contributed by atoms with Gasteiger partial charge in [0.15, 0.2) is 0 Å². The minimum absolute atomic E-state index is 0.186. The molecule has 0 unspecified atom stereocenters. The molecule has 2 aromatic heterocycles. The number of pyridine rings is 1. The van der Waals surface area contributed by atoms with E-state index in [1.54, 1.807) is 29.1 Å². The first-order chi connectivity index (χ1) is 8.27. The van der Waals surface area contributed by atoms with E-state index in [-0.39, 0.29) is 5.56 Å². The van der Waals surface area contributed by atoms with Crippen molar-refractivity contribution in [1.29, 1.82) is 0 Å². The Bertz CT molecular complexity index is 499. The Kier molecular flexibility index (Phi) is 3.66. The first-order valence-electron chi connectivity index (χ1n) is 5.06. The zero-order valence-electron chi connectivity index (χ0n) is 8.96. The molecule has 0 spiro atoms. The van der Waals surface area contributed by atoms with Crippen molar-refractivity contribution < 1.29 is 9.90 Å². The van der Waals surface area contributed by atoms with E-state index in [2.05, 4.69) is 15.3 Å². The van der Waals surface area contributed by atoms with Crippen molar-refractivity contribution in [3.05, 3.63) is 40.5 Å². The Morgan fingerprint density at radius 1 is 1.47 bits per heavy atom. The predicted octanol–water partition coefficient (Wildman–Crippen LogP) is 1.89. The molecule has 0 radical (unpaired) electrons. The zero-order chi connectivity index (χ0) is 12.1. The Labute approximate surface area is 102 Å². The van der Waals surface area contributed by atoms with Crippen LogP contribution in [0.3, 0.4) is 0 Å². The van der Waals surface area contributed by atoms with Crippen LogP contribution >= 0.6 is 11.3 Å². The lowest BCUT2D eigenvalue weighted by molar-refractivity contribution is 0.0697. The summed E-state index contributed by atoms with van der Waals surface area (Å²) in [5, 5.41) is 13.9. The van der Waals surface area contributed by atoms with Crippen LogP contribution in [0.5, 0.6) is 0 Å². The lowest BCUT2D eigenvalue weighted by atomic mass is 10.2. The van der Waals surface area contributed by atoms with Crippen molar-refractivity contribution in [2.24, 2.45) is 0 Å². The van der Waals surface area contributed by atoms with Crippen molar-refractivity contribution in [3.63, 3.8) is 0 Å². The lowest BCUT2D eigenvalue weighted by Crippen LogP contribution is -2.11. The molecule has 0 atom stereocenters. The fraction of sp³-hybridized carbons (Fsp3) is 0.182. The van der Waals surface area contributed by atoms with Crippen LogP contribution in [0.2, 0.25) is 0 Å². The van der Waals surface area contributed by atoms with Crippen LogP contribution in [0.4, 0.5) is 5.82 Å². The molecular formula is C11H11N3O2S. The number of rotatable bonds is 5. The second-order valence-electron chi connectivity index (χ2n) is 3.36. The topological polar surface area (TPSA) is 75.1 Å². The molecule has 88 valence electrons. The Balaban J connectivity index is 1.97. The summed E-state index contributed by atoms with van der Waals surface area (Å²) in [5.41, 5.74) is 2.96. The predicted molar refractivity (Wildman–Crippen MR) is 65.5 cm³/mol. The molecule has 0 aliphatic heterocycles. The molecule has 0 amide bonds. The maximum absolute atomic E-state index is 10.9. The summed E-state index contributed by atoms with van der Waals surface area (Å²) in [6.07, 6.45) is 2.32. The SMILES string of the molecule is O=C(O)c1cccnc1NCCc1cscn1. The van der Waals surface area contributed by atoms with Gasteiger partial charge in [-0.3, -0.25) is 0 Å². The molecule has 2 N–H and O–H groups in total. The van der Waals surface area contributed by atoms with Gasteiger partial charge in [-0.2, -0.15) is 0 Å². The fourth-order valence-electron chi connectivity index (χ4n) is 1.39. The lowest BCUT2D eigenvalue weighted by Gasteiger charge is -2.06. The van der Waals surface area contributed by atoms with Gasteiger partial charge in [0.25, 0.3) is 0 Å². The van der Waals surface area contributed by atoms with Crippen molar-refractivity contribution in [2.75, 3.05) is 11.9 Å². The highest BCUT2D eigenvalue weighted by Crippen LogP contribution is 2.11. The summed E-state index contributed by atoms with van der Waals surface area (Å²) in [6.45, 7) is 0.612. The molecule has 0 aliphatic rings. The number of carboxylic acids is 1. The molecule has 17 heavy (non-hydrogen) atoms. The maximum Gasteiger partial charge on any atom is 0.339 e. The van der Waals surface area contributed by atoms with Gasteiger partial charge < -0.3 is 10.4 Å². The van der Waals surface area contributed by atoms with Crippen molar-refractivity contribution >= 4 is 23.1 Å². The Hall–Kier alpha value is -1.95. The van der Waals surface area contributed by atoms with Gasteiger partial charge in [0.05, 0.1) is 11.2 Å². The number of nitrogens with zero attached hydrogens (tertiary/aromatic N) is 2. The van der Waals surface area contributed by atoms with E-state index >= 15 is 0 Å². The summed E-state index contributed by atoms with van der Waals surface area (Å²) < 4.78 is 0. The second kappa shape index (κ2) is 5.40. The summed E-state index contributed by atoms with van der Waals surface area (Å²) in [5.74, 6) is -0.579. The third kappa shape index (κ3) is 3.01. The third-order valence-electron chi connectivity index (χ3n) is 2.20. The van der Waals surface area contributed by atoms with Crippen LogP contribution in [-0.2, 0) is 6.42 Å². The van der Waals surface area contributed by atoms with E-state index in [9.17, 15) is 4.79 Å². The molecule has 5 nitrogen and oxygen atoms in total. The molecular weight excluding hydrogens is 238 g/mol. The molecule has 0 aromatic carbocycles. The van der Waals surface area contributed by atoms with Crippen LogP contribution < -0.4 is 5.32 Å². The average molecular weight is 249 g/mol. The number of carboxylic acid groups (broad SMARTS) is 1. The smallest absolute Gasteiger partial charge is 0.339 e. The van der Waals surface area contributed by atoms with Gasteiger partial charge in [0, 0.05) is 24.5 Å². The summed E-state index contributed by atoms with van der Waals surface area (Å²) in [4.78, 5) is 19.1. The number of anilines is 1. The minimum Gasteiger partial charge on any atom is -0.478 e. The standard InChI is InChI=1S/C11H11N3O2S/c15-11(16)9-2-1-4-12-10(9)13-5-3-8-6-17-7-14-8/h1-2,4,6-7H,3,5H2,(H,12,13)(H,15,16). The third-order valence-corrected chi connectivity index (χ3v) is 2.83. The zero-order valence-corrected chi connectivity index (χ0v) is 9.78. The number of aromatic nitrogens is 2. The number of aromatic carboxylic acids is 1. The molecule has 0 fully saturated rings. The molecule has 0 bridgehead atoms. The van der Waals surface area contributed by atoms with Crippen LogP contribution in [0.15, 0.2) is 29.2 Å². The molecule has 2 rings (SSSR count). The van der Waals surface area contributed by atoms with Crippen molar-refractivity contribution in [3.8, 4) is 0 Å². The molecule has 0 aliphatic carbocycles. The van der Waals surface area contributed by atoms with Crippen molar-refractivity contribution in [2.45, 2.75) is 6.42 Å². The van der Waals surface area contributed by atoms with Gasteiger partial charge in [0.1, 0.15) is 11.4 Å². The summed E-state index contributed by atoms with van der Waals surface area (Å²) in [7, 11) is 0. The van der Waals surface area contributed by atoms with Gasteiger partial charge in [-0.05, 0) is 12.1 Å². The highest BCUT2D eigenvalue weighted by Gasteiger charge is 2.09. The second-order valence-corrected chi connectivity index (χ2v) is 4.08. The van der Waals surface area contributed by atoms with Crippen LogP contribution in [-0.4, -0.2) is 27.6 Å². The molecule has 0 saturated heterocycles. The number of hydrogen-bond acceptors (Lipinski definition) is 5. The monoisotopic (exact) mass is 249 g/mol. The minimum atomic E-state index is -0.978.